The highest BCUT2D eigenvalue weighted by atomic mass is 16.2. The summed E-state index contributed by atoms with van der Waals surface area (Å²) in [6, 6.07) is 11.8. The minimum atomic E-state index is -0.997. The molecule has 7 nitrogen and oxygen atoms in total. The quantitative estimate of drug-likeness (QED) is 0.710. The Balaban J connectivity index is 1.52. The second kappa shape index (κ2) is 8.10. The second-order valence-corrected chi connectivity index (χ2v) is 8.87. The van der Waals surface area contributed by atoms with Gasteiger partial charge in [-0.05, 0) is 48.9 Å². The predicted octanol–water partition coefficient (Wildman–Crippen LogP) is 4.13. The van der Waals surface area contributed by atoms with Crippen LogP contribution >= 0.6 is 0 Å². The third kappa shape index (κ3) is 3.56. The zero-order valence-corrected chi connectivity index (χ0v) is 18.0. The summed E-state index contributed by atoms with van der Waals surface area (Å²) in [5.74, 6) is 0.600. The highest BCUT2D eigenvalue weighted by Crippen LogP contribution is 2.41. The summed E-state index contributed by atoms with van der Waals surface area (Å²) < 4.78 is 0. The number of nitrogens with zero attached hydrogens (tertiary/aromatic N) is 4. The Morgan fingerprint density at radius 3 is 2.45 bits per heavy atom. The van der Waals surface area contributed by atoms with E-state index in [0.717, 1.165) is 43.2 Å². The van der Waals surface area contributed by atoms with Crippen LogP contribution in [0.5, 0.6) is 0 Å². The van der Waals surface area contributed by atoms with Gasteiger partial charge in [-0.25, -0.2) is 4.98 Å². The van der Waals surface area contributed by atoms with E-state index in [-0.39, 0.29) is 17.2 Å². The van der Waals surface area contributed by atoms with Crippen molar-refractivity contribution in [3.05, 3.63) is 42.1 Å². The Labute approximate surface area is 182 Å². The molecule has 1 amide bonds. The van der Waals surface area contributed by atoms with Crippen LogP contribution in [-0.4, -0.2) is 28.7 Å². The lowest BCUT2D eigenvalue weighted by Crippen LogP contribution is -2.37. The number of hydrogen-bond donors (Lipinski definition) is 1. The molecule has 1 N–H and O–H groups in total. The fourth-order valence-electron chi connectivity index (χ4n) is 4.78. The van der Waals surface area contributed by atoms with Crippen molar-refractivity contribution in [2.75, 3.05) is 16.8 Å². The predicted molar refractivity (Wildman–Crippen MR) is 118 cm³/mol. The Morgan fingerprint density at radius 1 is 1.16 bits per heavy atom. The SMILES string of the molecule is CC(C)[C@]1(C#N)CCN(c2ccnc(Nc3ccc(C4(C=O)CCCC4)cc3)n2)C1=O. The summed E-state index contributed by atoms with van der Waals surface area (Å²) in [4.78, 5) is 35.1. The van der Waals surface area contributed by atoms with Gasteiger partial charge in [0.1, 0.15) is 17.5 Å². The van der Waals surface area contributed by atoms with E-state index in [1.807, 2.05) is 38.1 Å². The molecule has 1 aromatic heterocycles. The van der Waals surface area contributed by atoms with Crippen molar-refractivity contribution >= 4 is 29.6 Å². The van der Waals surface area contributed by atoms with E-state index in [1.54, 1.807) is 17.2 Å². The summed E-state index contributed by atoms with van der Waals surface area (Å²) in [6.45, 7) is 4.27. The van der Waals surface area contributed by atoms with Crippen molar-refractivity contribution in [1.29, 1.82) is 5.26 Å². The first kappa shape index (κ1) is 21.0. The number of nitriles is 1. The smallest absolute Gasteiger partial charge is 0.248 e. The van der Waals surface area contributed by atoms with Crippen LogP contribution in [0.4, 0.5) is 17.5 Å². The molecule has 31 heavy (non-hydrogen) atoms. The summed E-state index contributed by atoms with van der Waals surface area (Å²) in [7, 11) is 0. The van der Waals surface area contributed by atoms with Gasteiger partial charge in [-0.15, -0.1) is 0 Å². The number of nitrogens with one attached hydrogen (secondary N) is 1. The maximum atomic E-state index is 13.0. The molecule has 2 aromatic rings. The molecular formula is C24H27N5O2. The molecule has 0 unspecified atom stereocenters. The normalized spacial score (nSPS) is 22.5. The van der Waals surface area contributed by atoms with Gasteiger partial charge in [0.05, 0.1) is 11.5 Å². The van der Waals surface area contributed by atoms with Gasteiger partial charge in [-0.2, -0.15) is 10.2 Å². The lowest BCUT2D eigenvalue weighted by Gasteiger charge is -2.24. The van der Waals surface area contributed by atoms with Gasteiger partial charge >= 0.3 is 0 Å². The van der Waals surface area contributed by atoms with Gasteiger partial charge in [-0.1, -0.05) is 38.8 Å². The van der Waals surface area contributed by atoms with Gasteiger partial charge in [-0.3, -0.25) is 9.69 Å². The number of aromatic nitrogens is 2. The lowest BCUT2D eigenvalue weighted by molar-refractivity contribution is -0.124. The number of hydrogen-bond acceptors (Lipinski definition) is 6. The second-order valence-electron chi connectivity index (χ2n) is 8.87. The maximum absolute atomic E-state index is 13.0. The number of amides is 1. The molecule has 1 aliphatic carbocycles. The van der Waals surface area contributed by atoms with E-state index in [2.05, 4.69) is 21.4 Å². The molecule has 0 spiro atoms. The zero-order valence-electron chi connectivity index (χ0n) is 18.0. The summed E-state index contributed by atoms with van der Waals surface area (Å²) in [5, 5.41) is 12.8. The molecule has 160 valence electrons. The number of carbonyl (C=O) groups excluding carboxylic acids is 2. The van der Waals surface area contributed by atoms with E-state index in [4.69, 9.17) is 0 Å². The molecule has 1 aliphatic heterocycles. The molecule has 1 aromatic carbocycles. The van der Waals surface area contributed by atoms with Crippen molar-refractivity contribution in [2.24, 2.45) is 11.3 Å². The van der Waals surface area contributed by atoms with Gasteiger partial charge in [0.15, 0.2) is 0 Å². The van der Waals surface area contributed by atoms with Crippen molar-refractivity contribution in [3.63, 3.8) is 0 Å². The summed E-state index contributed by atoms with van der Waals surface area (Å²) in [6.07, 6.45) is 7.16. The van der Waals surface area contributed by atoms with Crippen LogP contribution in [0.3, 0.4) is 0 Å². The molecule has 2 heterocycles. The van der Waals surface area contributed by atoms with Crippen molar-refractivity contribution in [1.82, 2.24) is 9.97 Å². The highest BCUT2D eigenvalue weighted by Gasteiger charge is 2.50. The summed E-state index contributed by atoms with van der Waals surface area (Å²) in [5.41, 5.74) is 0.503. The van der Waals surface area contributed by atoms with Gasteiger partial charge < -0.3 is 10.1 Å². The van der Waals surface area contributed by atoms with Crippen LogP contribution in [0, 0.1) is 22.7 Å². The topological polar surface area (TPSA) is 99.0 Å². The van der Waals surface area contributed by atoms with Crippen molar-refractivity contribution in [3.8, 4) is 6.07 Å². The molecular weight excluding hydrogens is 390 g/mol. The molecule has 1 saturated heterocycles. The first-order chi connectivity index (χ1) is 14.9. The number of benzene rings is 1. The molecule has 4 rings (SSSR count). The average molecular weight is 418 g/mol. The average Bonchev–Trinajstić information content (AvgIpc) is 3.40. The van der Waals surface area contributed by atoms with E-state index in [0.29, 0.717) is 24.7 Å². The standard InChI is InChI=1S/C24H27N5O2/c1-17(2)24(15-25)12-14-29(21(24)31)20-9-13-26-22(28-20)27-19-7-5-18(6-8-19)23(16-30)10-3-4-11-23/h5-9,13,16-17H,3-4,10-12,14H2,1-2H3,(H,26,27,28)/t24-/m1/s1. The minimum absolute atomic E-state index is 0.0672. The van der Waals surface area contributed by atoms with Crippen LogP contribution in [0.25, 0.3) is 0 Å². The van der Waals surface area contributed by atoms with E-state index >= 15 is 0 Å². The number of rotatable bonds is 6. The number of anilines is 3. The van der Waals surface area contributed by atoms with Crippen molar-refractivity contribution < 1.29 is 9.59 Å². The molecule has 2 aliphatic rings. The van der Waals surface area contributed by atoms with Gasteiger partial charge in [0.2, 0.25) is 11.9 Å². The highest BCUT2D eigenvalue weighted by molar-refractivity contribution is 6.01. The first-order valence-electron chi connectivity index (χ1n) is 10.8. The van der Waals surface area contributed by atoms with E-state index in [9.17, 15) is 14.9 Å². The maximum Gasteiger partial charge on any atom is 0.248 e. The van der Waals surface area contributed by atoms with Crippen LogP contribution in [0.15, 0.2) is 36.5 Å². The Kier molecular flexibility index (Phi) is 5.48. The Hall–Kier alpha value is -3.27. The number of carbonyl (C=O) groups is 2. The third-order valence-corrected chi connectivity index (χ3v) is 6.90. The minimum Gasteiger partial charge on any atom is -0.324 e. The monoisotopic (exact) mass is 417 g/mol. The van der Waals surface area contributed by atoms with Crippen LogP contribution in [0.2, 0.25) is 0 Å². The fraction of sp³-hybridized carbons (Fsp3) is 0.458. The van der Waals surface area contributed by atoms with Crippen molar-refractivity contribution in [2.45, 2.75) is 51.4 Å². The fourth-order valence-corrected chi connectivity index (χ4v) is 4.78. The summed E-state index contributed by atoms with van der Waals surface area (Å²) >= 11 is 0. The van der Waals surface area contributed by atoms with Gasteiger partial charge in [0.25, 0.3) is 0 Å². The van der Waals surface area contributed by atoms with Gasteiger partial charge in [0, 0.05) is 18.4 Å². The molecule has 1 saturated carbocycles. The van der Waals surface area contributed by atoms with Crippen LogP contribution in [0.1, 0.15) is 51.5 Å². The first-order valence-corrected chi connectivity index (χ1v) is 10.8. The van der Waals surface area contributed by atoms with Crippen LogP contribution in [-0.2, 0) is 15.0 Å². The number of aldehydes is 1. The lowest BCUT2D eigenvalue weighted by atomic mass is 9.77. The van der Waals surface area contributed by atoms with E-state index < -0.39 is 5.41 Å². The molecule has 0 bridgehead atoms. The third-order valence-electron chi connectivity index (χ3n) is 6.90. The molecule has 2 fully saturated rings. The largest absolute Gasteiger partial charge is 0.324 e. The molecule has 7 heteroatoms. The Morgan fingerprint density at radius 2 is 1.87 bits per heavy atom. The van der Waals surface area contributed by atoms with E-state index in [1.165, 1.54) is 0 Å². The van der Waals surface area contributed by atoms with Crippen LogP contribution < -0.4 is 10.2 Å². The molecule has 1 atom stereocenters. The zero-order chi connectivity index (χ0) is 22.1. The Bertz CT molecular complexity index is 1020. The molecule has 0 radical (unpaired) electrons.